The molecule has 0 spiro atoms. The number of rotatable bonds is 5. The predicted octanol–water partition coefficient (Wildman–Crippen LogP) is 3.26. The van der Waals surface area contributed by atoms with E-state index in [1.165, 1.54) is 24.2 Å². The molecule has 1 aromatic carbocycles. The number of amides is 1. The second kappa shape index (κ2) is 7.43. The van der Waals surface area contributed by atoms with Crippen molar-refractivity contribution in [3.8, 4) is 5.75 Å². The Hall–Kier alpha value is -1.82. The normalized spacial score (nSPS) is 25.4. The number of hydrogen-bond donors (Lipinski definition) is 2. The van der Waals surface area contributed by atoms with Gasteiger partial charge >= 0.3 is 0 Å². The zero-order valence-electron chi connectivity index (χ0n) is 15.7. The lowest BCUT2D eigenvalue weighted by Crippen LogP contribution is -2.45. The summed E-state index contributed by atoms with van der Waals surface area (Å²) in [5, 5.41) is 9.86. The third kappa shape index (κ3) is 3.65. The topological polar surface area (TPSA) is 78.9 Å². The van der Waals surface area contributed by atoms with E-state index in [4.69, 9.17) is 5.73 Å². The van der Waals surface area contributed by atoms with E-state index in [1.807, 2.05) is 13.0 Å². The minimum Gasteiger partial charge on any atom is -0.508 e. The van der Waals surface area contributed by atoms with Gasteiger partial charge < -0.3 is 10.8 Å². The molecule has 1 saturated carbocycles. The highest BCUT2D eigenvalue weighted by atomic mass is 32.2. The maximum Gasteiger partial charge on any atom is 0.257 e. The summed E-state index contributed by atoms with van der Waals surface area (Å²) >= 11 is 0. The first-order chi connectivity index (χ1) is 12.3. The number of phenolic OH excluding ortho intramolecular Hbond substituents is 1. The zero-order chi connectivity index (χ0) is 18.9. The van der Waals surface area contributed by atoms with Crippen molar-refractivity contribution >= 4 is 28.2 Å². The monoisotopic (exact) mass is 375 g/mol. The number of carbonyl (C=O) groups is 1. The predicted molar refractivity (Wildman–Crippen MR) is 109 cm³/mol. The molecular formula is C20H29N3O2S. The zero-order valence-corrected chi connectivity index (χ0v) is 16.5. The van der Waals surface area contributed by atoms with E-state index >= 15 is 0 Å². The lowest BCUT2D eigenvalue weighted by atomic mass is 9.80. The number of guanidine groups is 1. The molecular weight excluding hydrogens is 346 g/mol. The molecule has 6 heteroatoms. The molecule has 1 fully saturated rings. The summed E-state index contributed by atoms with van der Waals surface area (Å²) in [5.74, 6) is 5.90. The van der Waals surface area contributed by atoms with Gasteiger partial charge in [0.25, 0.3) is 5.91 Å². The van der Waals surface area contributed by atoms with Crippen LogP contribution in [0.25, 0.3) is 0 Å². The van der Waals surface area contributed by atoms with Crippen molar-refractivity contribution in [2.24, 2.45) is 16.6 Å². The minimum atomic E-state index is -0.816. The molecule has 5 nitrogen and oxygen atoms in total. The van der Waals surface area contributed by atoms with Crippen LogP contribution < -0.4 is 5.73 Å². The first-order valence-corrected chi connectivity index (χ1v) is 10.8. The molecule has 0 saturated heterocycles. The van der Waals surface area contributed by atoms with E-state index in [0.717, 1.165) is 29.7 Å². The first kappa shape index (κ1) is 19.0. The second-order valence-corrected chi connectivity index (χ2v) is 9.37. The van der Waals surface area contributed by atoms with Gasteiger partial charge in [-0.05, 0) is 37.0 Å². The van der Waals surface area contributed by atoms with Gasteiger partial charge in [-0.25, -0.2) is 4.99 Å². The van der Waals surface area contributed by atoms with Gasteiger partial charge in [0.2, 0.25) is 0 Å². The molecule has 0 aromatic heterocycles. The highest BCUT2D eigenvalue weighted by Crippen LogP contribution is 2.41. The molecule has 2 unspecified atom stereocenters. The number of likely N-dealkylation sites (N-methyl/N-ethyl adjacent to an activating group) is 1. The Bertz CT molecular complexity index is 755. The van der Waals surface area contributed by atoms with Crippen LogP contribution in [-0.2, 0) is 4.79 Å². The van der Waals surface area contributed by atoms with E-state index in [0.29, 0.717) is 17.6 Å². The van der Waals surface area contributed by atoms with Crippen LogP contribution in [0.5, 0.6) is 5.75 Å². The van der Waals surface area contributed by atoms with Crippen LogP contribution in [0.15, 0.2) is 28.1 Å². The quantitative estimate of drug-likeness (QED) is 0.775. The molecule has 1 heterocycles. The molecule has 2 atom stereocenters. The Morgan fingerprint density at radius 1 is 1.38 bits per heavy atom. The van der Waals surface area contributed by atoms with Crippen LogP contribution in [0.4, 0.5) is 0 Å². The summed E-state index contributed by atoms with van der Waals surface area (Å²) in [6, 6.07) is 5.33. The molecule has 3 N–H and O–H groups in total. The van der Waals surface area contributed by atoms with Crippen LogP contribution in [0.2, 0.25) is 0 Å². The fourth-order valence-electron chi connectivity index (χ4n) is 4.18. The standard InChI is InChI=1S/C20H29N3O2S/c1-14-9-10-16(24)11-17(14)26(3)13-20(12-15-7-5-4-6-8-15)18(25)23(2)19(21)22-20/h9-11,15,24H,3-8,12-13H2,1-2H3,(H2,21,22). The number of carbonyl (C=O) groups excluding carboxylic acids is 1. The number of hydrogen-bond acceptors (Lipinski definition) is 4. The summed E-state index contributed by atoms with van der Waals surface area (Å²) in [4.78, 5) is 20.2. The third-order valence-corrected chi connectivity index (χ3v) is 7.51. The fourth-order valence-corrected chi connectivity index (χ4v) is 6.03. The molecule has 1 amide bonds. The van der Waals surface area contributed by atoms with E-state index in [9.17, 15) is 9.90 Å². The van der Waals surface area contributed by atoms with E-state index in [1.54, 1.807) is 19.2 Å². The van der Waals surface area contributed by atoms with Crippen molar-refractivity contribution in [3.63, 3.8) is 0 Å². The first-order valence-electron chi connectivity index (χ1n) is 9.26. The Kier molecular flexibility index (Phi) is 5.42. The average Bonchev–Trinajstić information content (AvgIpc) is 2.81. The van der Waals surface area contributed by atoms with Gasteiger partial charge in [0.1, 0.15) is 5.75 Å². The Balaban J connectivity index is 1.90. The number of nitrogens with two attached hydrogens (primary N) is 1. The number of aromatic hydroxyl groups is 1. The van der Waals surface area contributed by atoms with E-state index < -0.39 is 16.0 Å². The fraction of sp³-hybridized carbons (Fsp3) is 0.550. The van der Waals surface area contributed by atoms with Crippen molar-refractivity contribution in [3.05, 3.63) is 23.8 Å². The van der Waals surface area contributed by atoms with Gasteiger partial charge in [-0.1, -0.05) is 44.0 Å². The van der Waals surface area contributed by atoms with Gasteiger partial charge in [0, 0.05) is 17.7 Å². The molecule has 26 heavy (non-hydrogen) atoms. The SMILES string of the molecule is C=S(CC1(CC2CCCCC2)N=C(N)N(C)C1=O)c1cc(O)ccc1C. The van der Waals surface area contributed by atoms with E-state index in [2.05, 4.69) is 10.9 Å². The van der Waals surface area contributed by atoms with Gasteiger partial charge in [0.05, 0.1) is 0 Å². The molecule has 142 valence electrons. The molecule has 1 aliphatic heterocycles. The summed E-state index contributed by atoms with van der Waals surface area (Å²) < 4.78 is 0. The number of aliphatic imine (C=N–C) groups is 1. The van der Waals surface area contributed by atoms with Crippen molar-refractivity contribution < 1.29 is 9.90 Å². The molecule has 0 radical (unpaired) electrons. The summed E-state index contributed by atoms with van der Waals surface area (Å²) in [7, 11) is 1.24. The minimum absolute atomic E-state index is 0.0143. The highest BCUT2D eigenvalue weighted by Gasteiger charge is 2.48. The van der Waals surface area contributed by atoms with Crippen LogP contribution in [0.1, 0.15) is 44.1 Å². The smallest absolute Gasteiger partial charge is 0.257 e. The molecule has 1 aromatic rings. The Morgan fingerprint density at radius 3 is 2.69 bits per heavy atom. The third-order valence-electron chi connectivity index (χ3n) is 5.62. The van der Waals surface area contributed by atoms with Crippen LogP contribution in [-0.4, -0.2) is 46.1 Å². The number of benzene rings is 1. The lowest BCUT2D eigenvalue weighted by Gasteiger charge is -2.32. The van der Waals surface area contributed by atoms with Crippen molar-refractivity contribution in [1.29, 1.82) is 0 Å². The van der Waals surface area contributed by atoms with Crippen LogP contribution >= 0.6 is 10.5 Å². The van der Waals surface area contributed by atoms with E-state index in [-0.39, 0.29) is 11.7 Å². The summed E-state index contributed by atoms with van der Waals surface area (Å²) in [6.45, 7) is 2.01. The van der Waals surface area contributed by atoms with Crippen molar-refractivity contribution in [1.82, 2.24) is 4.90 Å². The average molecular weight is 376 g/mol. The molecule has 2 aliphatic rings. The summed E-state index contributed by atoms with van der Waals surface area (Å²) in [6.07, 6.45) is 6.80. The largest absolute Gasteiger partial charge is 0.508 e. The number of phenols is 1. The second-order valence-electron chi connectivity index (χ2n) is 7.66. The number of aryl methyl sites for hydroxylation is 1. The van der Waals surface area contributed by atoms with Gasteiger partial charge in [-0.15, -0.1) is 0 Å². The van der Waals surface area contributed by atoms with Crippen LogP contribution in [0.3, 0.4) is 0 Å². The Labute approximate surface area is 158 Å². The molecule has 1 aliphatic carbocycles. The maximum atomic E-state index is 13.1. The van der Waals surface area contributed by atoms with Crippen LogP contribution in [0, 0.1) is 12.8 Å². The highest BCUT2D eigenvalue weighted by molar-refractivity contribution is 8.14. The molecule has 3 rings (SSSR count). The van der Waals surface area contributed by atoms with Gasteiger partial charge in [-0.2, -0.15) is 10.5 Å². The van der Waals surface area contributed by atoms with Crippen molar-refractivity contribution in [2.45, 2.75) is 55.9 Å². The van der Waals surface area contributed by atoms with Gasteiger partial charge in [0.15, 0.2) is 11.5 Å². The molecule has 0 bridgehead atoms. The van der Waals surface area contributed by atoms with Crippen molar-refractivity contribution in [2.75, 3.05) is 12.8 Å². The Morgan fingerprint density at radius 2 is 2.08 bits per heavy atom. The summed E-state index contributed by atoms with van der Waals surface area (Å²) in [5.41, 5.74) is 6.27. The lowest BCUT2D eigenvalue weighted by molar-refractivity contribution is -0.130. The maximum absolute atomic E-state index is 13.1. The number of nitrogens with zero attached hydrogens (tertiary/aromatic N) is 2. The van der Waals surface area contributed by atoms with Gasteiger partial charge in [-0.3, -0.25) is 9.69 Å².